The third-order valence-electron chi connectivity index (χ3n) is 3.39. The molecule has 0 radical (unpaired) electrons. The lowest BCUT2D eigenvalue weighted by atomic mass is 10.0. The van der Waals surface area contributed by atoms with Crippen molar-refractivity contribution in [3.63, 3.8) is 0 Å². The number of ether oxygens (including phenoxy) is 1. The molecule has 1 aliphatic rings. The molecular weight excluding hydrogens is 276 g/mol. The second kappa shape index (κ2) is 6.57. The van der Waals surface area contributed by atoms with E-state index in [4.69, 9.17) is 16.3 Å². The smallest absolute Gasteiger partial charge is 0.246 e. The lowest BCUT2D eigenvalue weighted by Gasteiger charge is -2.38. The summed E-state index contributed by atoms with van der Waals surface area (Å²) in [5, 5.41) is 6.79. The van der Waals surface area contributed by atoms with Crippen LogP contribution in [0.5, 0.6) is 0 Å². The van der Waals surface area contributed by atoms with Gasteiger partial charge < -0.3 is 15.4 Å². The fraction of sp³-hybridized carbons (Fsp3) is 0.533. The number of nitrogens with one attached hydrogen (secondary N) is 2. The van der Waals surface area contributed by atoms with Crippen LogP contribution in [0, 0.1) is 0 Å². The van der Waals surface area contributed by atoms with E-state index >= 15 is 0 Å². The van der Waals surface area contributed by atoms with Crippen molar-refractivity contribution < 1.29 is 9.53 Å². The van der Waals surface area contributed by atoms with Crippen LogP contribution in [0.3, 0.4) is 0 Å². The molecule has 0 spiro atoms. The average Bonchev–Trinajstić information content (AvgIpc) is 2.34. The van der Waals surface area contributed by atoms with E-state index in [1.54, 1.807) is 0 Å². The first-order chi connectivity index (χ1) is 9.47. The van der Waals surface area contributed by atoms with E-state index in [2.05, 4.69) is 10.6 Å². The lowest BCUT2D eigenvalue weighted by molar-refractivity contribution is -0.136. The van der Waals surface area contributed by atoms with Gasteiger partial charge in [-0.2, -0.15) is 0 Å². The quantitative estimate of drug-likeness (QED) is 0.841. The van der Waals surface area contributed by atoms with Crippen LogP contribution in [-0.4, -0.2) is 37.2 Å². The molecule has 0 bridgehead atoms. The summed E-state index contributed by atoms with van der Waals surface area (Å²) >= 11 is 5.94. The van der Waals surface area contributed by atoms with Crippen LogP contribution in [0.25, 0.3) is 0 Å². The Hall–Kier alpha value is -1.10. The molecule has 1 heterocycles. The van der Waals surface area contributed by atoms with Crippen LogP contribution in [0.4, 0.5) is 0 Å². The second-order valence-electron chi connectivity index (χ2n) is 5.64. The molecule has 4 nitrogen and oxygen atoms in total. The number of carbonyl (C=O) groups excluding carboxylic acids is 1. The summed E-state index contributed by atoms with van der Waals surface area (Å²) in [5.74, 6) is -0.0762. The Morgan fingerprint density at radius 2 is 2.30 bits per heavy atom. The van der Waals surface area contributed by atoms with Crippen molar-refractivity contribution in [3.05, 3.63) is 34.9 Å². The maximum Gasteiger partial charge on any atom is 0.246 e. The van der Waals surface area contributed by atoms with Gasteiger partial charge in [-0.05, 0) is 38.0 Å². The molecule has 2 N–H and O–H groups in total. The van der Waals surface area contributed by atoms with E-state index in [-0.39, 0.29) is 24.2 Å². The monoisotopic (exact) mass is 296 g/mol. The highest BCUT2D eigenvalue weighted by atomic mass is 35.5. The van der Waals surface area contributed by atoms with Crippen molar-refractivity contribution in [1.29, 1.82) is 0 Å². The zero-order valence-corrected chi connectivity index (χ0v) is 12.7. The highest BCUT2D eigenvalue weighted by Gasteiger charge is 2.33. The molecular formula is C15H21ClN2O2. The maximum absolute atomic E-state index is 11.8. The Bertz CT molecular complexity index is 475. The van der Waals surface area contributed by atoms with Gasteiger partial charge in [0.2, 0.25) is 5.91 Å². The number of halogens is 1. The summed E-state index contributed by atoms with van der Waals surface area (Å²) in [6.07, 6.45) is 0.755. The number of hydrogen-bond donors (Lipinski definition) is 2. The van der Waals surface area contributed by atoms with Crippen LogP contribution in [0.15, 0.2) is 24.3 Å². The van der Waals surface area contributed by atoms with Gasteiger partial charge in [0.05, 0.1) is 5.60 Å². The molecule has 2 rings (SSSR count). The van der Waals surface area contributed by atoms with Crippen molar-refractivity contribution >= 4 is 17.5 Å². The molecule has 1 aliphatic heterocycles. The molecule has 1 amide bonds. The molecule has 0 aromatic heterocycles. The van der Waals surface area contributed by atoms with Crippen molar-refractivity contribution in [2.24, 2.45) is 0 Å². The normalized spacial score (nSPS) is 18.1. The second-order valence-corrected chi connectivity index (χ2v) is 6.08. The number of rotatable bonds is 6. The third kappa shape index (κ3) is 4.47. The topological polar surface area (TPSA) is 50.4 Å². The van der Waals surface area contributed by atoms with E-state index in [9.17, 15) is 4.79 Å². The van der Waals surface area contributed by atoms with Crippen molar-refractivity contribution in [2.45, 2.75) is 31.9 Å². The summed E-state index contributed by atoms with van der Waals surface area (Å²) in [5.41, 5.74) is 0.925. The van der Waals surface area contributed by atoms with E-state index in [0.29, 0.717) is 0 Å². The Morgan fingerprint density at radius 3 is 2.90 bits per heavy atom. The Morgan fingerprint density at radius 1 is 1.55 bits per heavy atom. The number of amides is 1. The molecule has 20 heavy (non-hydrogen) atoms. The molecule has 0 aliphatic carbocycles. The van der Waals surface area contributed by atoms with Gasteiger partial charge in [-0.3, -0.25) is 4.79 Å². The summed E-state index contributed by atoms with van der Waals surface area (Å²) in [6.45, 7) is 5.70. The Labute approximate surface area is 124 Å². The molecule has 110 valence electrons. The molecule has 5 heteroatoms. The first-order valence-corrected chi connectivity index (χ1v) is 7.23. The standard InChI is InChI=1S/C15H21ClN2O2/c1-11(6-12-4-3-5-13(16)7-12)18-14(19)8-20-15(2)9-17-10-15/h3-5,7,11,17H,6,8-10H2,1-2H3,(H,18,19). The maximum atomic E-state index is 11.8. The van der Waals surface area contributed by atoms with Crippen LogP contribution in [-0.2, 0) is 16.0 Å². The van der Waals surface area contributed by atoms with Crippen molar-refractivity contribution in [2.75, 3.05) is 19.7 Å². The fourth-order valence-corrected chi connectivity index (χ4v) is 2.42. The number of hydrogen-bond acceptors (Lipinski definition) is 3. The fourth-order valence-electron chi connectivity index (χ4n) is 2.20. The molecule has 1 saturated heterocycles. The van der Waals surface area contributed by atoms with Crippen LogP contribution in [0.1, 0.15) is 19.4 Å². The number of carbonyl (C=O) groups is 1. The predicted molar refractivity (Wildman–Crippen MR) is 80.0 cm³/mol. The van der Waals surface area contributed by atoms with E-state index < -0.39 is 0 Å². The average molecular weight is 297 g/mol. The first kappa shape index (κ1) is 15.3. The molecule has 1 unspecified atom stereocenters. The minimum absolute atomic E-state index is 0.0527. The Balaban J connectivity index is 1.73. The van der Waals surface area contributed by atoms with Gasteiger partial charge in [0.15, 0.2) is 0 Å². The summed E-state index contributed by atoms with van der Waals surface area (Å²) in [6, 6.07) is 7.74. The van der Waals surface area contributed by atoms with Crippen LogP contribution >= 0.6 is 11.6 Å². The molecule has 1 atom stereocenters. The summed E-state index contributed by atoms with van der Waals surface area (Å²) in [4.78, 5) is 11.8. The highest BCUT2D eigenvalue weighted by molar-refractivity contribution is 6.30. The first-order valence-electron chi connectivity index (χ1n) is 6.85. The third-order valence-corrected chi connectivity index (χ3v) is 3.62. The Kier molecular flexibility index (Phi) is 5.02. The zero-order chi connectivity index (χ0) is 14.6. The van der Waals surface area contributed by atoms with Crippen molar-refractivity contribution in [3.8, 4) is 0 Å². The van der Waals surface area contributed by atoms with E-state index in [0.717, 1.165) is 30.1 Å². The zero-order valence-electron chi connectivity index (χ0n) is 11.9. The summed E-state index contributed by atoms with van der Waals surface area (Å²) in [7, 11) is 0. The van der Waals surface area contributed by atoms with Crippen LogP contribution in [0.2, 0.25) is 5.02 Å². The van der Waals surface area contributed by atoms with Crippen LogP contribution < -0.4 is 10.6 Å². The van der Waals surface area contributed by atoms with Gasteiger partial charge >= 0.3 is 0 Å². The minimum Gasteiger partial charge on any atom is -0.363 e. The SMILES string of the molecule is CC(Cc1cccc(Cl)c1)NC(=O)COC1(C)CNC1. The van der Waals surface area contributed by atoms with E-state index in [1.165, 1.54) is 0 Å². The van der Waals surface area contributed by atoms with Gasteiger partial charge in [0.1, 0.15) is 6.61 Å². The van der Waals surface area contributed by atoms with Gasteiger partial charge in [0, 0.05) is 24.2 Å². The number of benzene rings is 1. The molecule has 1 aromatic rings. The minimum atomic E-state index is -0.187. The molecule has 1 aromatic carbocycles. The molecule has 1 fully saturated rings. The highest BCUT2D eigenvalue weighted by Crippen LogP contribution is 2.15. The largest absolute Gasteiger partial charge is 0.363 e. The predicted octanol–water partition coefficient (Wildman–Crippen LogP) is 1.77. The molecule has 0 saturated carbocycles. The van der Waals surface area contributed by atoms with Gasteiger partial charge in [-0.1, -0.05) is 23.7 Å². The van der Waals surface area contributed by atoms with Gasteiger partial charge in [-0.25, -0.2) is 0 Å². The van der Waals surface area contributed by atoms with Gasteiger partial charge in [0.25, 0.3) is 0 Å². The lowest BCUT2D eigenvalue weighted by Crippen LogP contribution is -2.59. The van der Waals surface area contributed by atoms with Crippen molar-refractivity contribution in [1.82, 2.24) is 10.6 Å². The van der Waals surface area contributed by atoms with E-state index in [1.807, 2.05) is 38.1 Å². The van der Waals surface area contributed by atoms with Gasteiger partial charge in [-0.15, -0.1) is 0 Å². The summed E-state index contributed by atoms with van der Waals surface area (Å²) < 4.78 is 5.60.